The predicted octanol–water partition coefficient (Wildman–Crippen LogP) is 4.02. The molecule has 3 heterocycles. The number of hydrogen-bond donors (Lipinski definition) is 1. The molecule has 0 unspecified atom stereocenters. The van der Waals surface area contributed by atoms with Crippen LogP contribution in [0.5, 0.6) is 5.75 Å². The molecule has 1 aromatic heterocycles. The van der Waals surface area contributed by atoms with Gasteiger partial charge in [-0.3, -0.25) is 4.79 Å². The Morgan fingerprint density at radius 2 is 1.94 bits per heavy atom. The Morgan fingerprint density at radius 3 is 2.74 bits per heavy atom. The Balaban J connectivity index is 1.42. The van der Waals surface area contributed by atoms with Gasteiger partial charge in [-0.15, -0.1) is 0 Å². The summed E-state index contributed by atoms with van der Waals surface area (Å²) >= 11 is 6.52. The van der Waals surface area contributed by atoms with Crippen LogP contribution in [-0.4, -0.2) is 66.5 Å². The van der Waals surface area contributed by atoms with Crippen molar-refractivity contribution in [3.05, 3.63) is 64.3 Å². The van der Waals surface area contributed by atoms with E-state index in [0.717, 1.165) is 36.3 Å². The van der Waals surface area contributed by atoms with Gasteiger partial charge in [-0.1, -0.05) is 29.8 Å². The molecular formula is C26H29ClN6O2. The van der Waals surface area contributed by atoms with Crippen LogP contribution in [0.2, 0.25) is 5.02 Å². The van der Waals surface area contributed by atoms with Gasteiger partial charge in [0.15, 0.2) is 5.82 Å². The number of para-hydroxylation sites is 1. The van der Waals surface area contributed by atoms with Crippen molar-refractivity contribution in [1.29, 1.82) is 0 Å². The summed E-state index contributed by atoms with van der Waals surface area (Å²) in [5, 5.41) is 3.82. The second-order valence-electron chi connectivity index (χ2n) is 9.14. The van der Waals surface area contributed by atoms with Crippen molar-refractivity contribution in [1.82, 2.24) is 19.8 Å². The highest BCUT2D eigenvalue weighted by Crippen LogP contribution is 2.38. The quantitative estimate of drug-likeness (QED) is 0.557. The van der Waals surface area contributed by atoms with Crippen molar-refractivity contribution in [2.24, 2.45) is 0 Å². The van der Waals surface area contributed by atoms with Gasteiger partial charge in [0, 0.05) is 25.3 Å². The van der Waals surface area contributed by atoms with Gasteiger partial charge in [0.1, 0.15) is 10.8 Å². The molecule has 5 rings (SSSR count). The zero-order valence-electron chi connectivity index (χ0n) is 20.2. The van der Waals surface area contributed by atoms with Gasteiger partial charge in [0.2, 0.25) is 11.9 Å². The third-order valence-electron chi connectivity index (χ3n) is 6.45. The molecule has 0 radical (unpaired) electrons. The minimum atomic E-state index is 0.127. The molecule has 2 aliphatic rings. The maximum atomic E-state index is 12.6. The second-order valence-corrected chi connectivity index (χ2v) is 9.55. The number of likely N-dealkylation sites (N-methyl/N-ethyl adjacent to an activating group) is 1. The molecule has 0 atom stereocenters. The van der Waals surface area contributed by atoms with E-state index in [1.54, 1.807) is 13.3 Å². The molecule has 1 amide bonds. The van der Waals surface area contributed by atoms with Crippen molar-refractivity contribution in [2.45, 2.75) is 19.4 Å². The summed E-state index contributed by atoms with van der Waals surface area (Å²) in [7, 11) is 5.46. The lowest BCUT2D eigenvalue weighted by molar-refractivity contribution is -0.132. The zero-order chi connectivity index (χ0) is 24.5. The summed E-state index contributed by atoms with van der Waals surface area (Å²) < 4.78 is 5.67. The summed E-state index contributed by atoms with van der Waals surface area (Å²) in [4.78, 5) is 27.7. The van der Waals surface area contributed by atoms with Gasteiger partial charge in [0.25, 0.3) is 0 Å². The Labute approximate surface area is 210 Å². The third-order valence-corrected chi connectivity index (χ3v) is 6.72. The van der Waals surface area contributed by atoms with Crippen LogP contribution in [0.25, 0.3) is 0 Å². The van der Waals surface area contributed by atoms with Crippen LogP contribution in [0.3, 0.4) is 0 Å². The minimum absolute atomic E-state index is 0.127. The Hall–Kier alpha value is -3.36. The zero-order valence-corrected chi connectivity index (χ0v) is 21.0. The van der Waals surface area contributed by atoms with E-state index in [4.69, 9.17) is 21.3 Å². The highest BCUT2D eigenvalue weighted by atomic mass is 35.5. The van der Waals surface area contributed by atoms with E-state index < -0.39 is 0 Å². The second kappa shape index (κ2) is 9.71. The van der Waals surface area contributed by atoms with Crippen LogP contribution in [0.4, 0.5) is 23.1 Å². The first-order valence-electron chi connectivity index (χ1n) is 11.7. The maximum Gasteiger partial charge on any atom is 0.237 e. The molecule has 0 spiro atoms. The van der Waals surface area contributed by atoms with E-state index in [1.807, 2.05) is 42.1 Å². The molecule has 0 aliphatic carbocycles. The minimum Gasteiger partial charge on any atom is -0.495 e. The number of hydrogen-bond acceptors (Lipinski definition) is 7. The van der Waals surface area contributed by atoms with Gasteiger partial charge in [0.05, 0.1) is 25.5 Å². The number of halogens is 1. The molecule has 0 saturated carbocycles. The van der Waals surface area contributed by atoms with Crippen LogP contribution in [0.15, 0.2) is 42.6 Å². The summed E-state index contributed by atoms with van der Waals surface area (Å²) in [5.41, 5.74) is 5.43. The molecule has 1 N–H and O–H groups in total. The monoisotopic (exact) mass is 492 g/mol. The summed E-state index contributed by atoms with van der Waals surface area (Å²) in [6.07, 6.45) is 3.36. The largest absolute Gasteiger partial charge is 0.495 e. The number of fused-ring (bicyclic) bond motifs is 2. The maximum absolute atomic E-state index is 12.6. The number of carbonyl (C=O) groups excluding carboxylic acids is 1. The van der Waals surface area contributed by atoms with E-state index in [1.165, 1.54) is 11.1 Å². The van der Waals surface area contributed by atoms with Crippen molar-refractivity contribution in [3.63, 3.8) is 0 Å². The molecule has 0 bridgehead atoms. The summed E-state index contributed by atoms with van der Waals surface area (Å²) in [5.74, 6) is 1.95. The van der Waals surface area contributed by atoms with E-state index in [2.05, 4.69) is 33.4 Å². The highest BCUT2D eigenvalue weighted by molar-refractivity contribution is 6.33. The molecular weight excluding hydrogens is 464 g/mol. The number of amides is 1. The average Bonchev–Trinajstić information content (AvgIpc) is 3.28. The van der Waals surface area contributed by atoms with Crippen molar-refractivity contribution in [3.8, 4) is 5.75 Å². The number of rotatable bonds is 6. The number of nitrogens with one attached hydrogen (secondary N) is 1. The van der Waals surface area contributed by atoms with Gasteiger partial charge in [-0.05, 0) is 61.8 Å². The van der Waals surface area contributed by atoms with Crippen LogP contribution >= 0.6 is 11.6 Å². The lowest BCUT2D eigenvalue weighted by atomic mass is 9.98. The number of benzene rings is 2. The lowest BCUT2D eigenvalue weighted by Gasteiger charge is -2.30. The normalized spacial score (nSPS) is 14.7. The van der Waals surface area contributed by atoms with E-state index in [9.17, 15) is 4.79 Å². The van der Waals surface area contributed by atoms with E-state index >= 15 is 0 Å². The molecule has 35 heavy (non-hydrogen) atoms. The number of nitrogens with zero attached hydrogens (tertiary/aromatic N) is 5. The van der Waals surface area contributed by atoms with Crippen molar-refractivity contribution < 1.29 is 9.53 Å². The van der Waals surface area contributed by atoms with Crippen LogP contribution in [-0.2, 0) is 24.2 Å². The fourth-order valence-electron chi connectivity index (χ4n) is 4.72. The number of ether oxygens (including phenoxy) is 1. The number of methoxy groups -OCH3 is 1. The molecule has 9 heteroatoms. The van der Waals surface area contributed by atoms with Gasteiger partial charge < -0.3 is 24.8 Å². The van der Waals surface area contributed by atoms with Gasteiger partial charge in [-0.25, -0.2) is 4.98 Å². The fraction of sp³-hybridized carbons (Fsp3) is 0.346. The first kappa shape index (κ1) is 23.4. The predicted molar refractivity (Wildman–Crippen MR) is 138 cm³/mol. The number of carbonyl (C=O) groups is 1. The highest BCUT2D eigenvalue weighted by Gasteiger charge is 2.25. The Morgan fingerprint density at radius 1 is 1.14 bits per heavy atom. The average molecular weight is 493 g/mol. The summed E-state index contributed by atoms with van der Waals surface area (Å²) in [6.45, 7) is 2.49. The standard InChI is InChI=1S/C26H29ClN6O2/c1-31(2)16-24(34)32-10-8-18-13-23(35-3)21(12-19(18)15-32)29-26-28-14-20(27)25(30-26)33-11-9-17-6-4-5-7-22(17)33/h4-7,12-14H,8-11,15-16H2,1-3H3,(H,28,29,30). The van der Waals surface area contributed by atoms with Crippen LogP contribution < -0.4 is 15.0 Å². The molecule has 3 aromatic rings. The number of anilines is 4. The molecule has 2 aromatic carbocycles. The smallest absolute Gasteiger partial charge is 0.237 e. The molecule has 182 valence electrons. The SMILES string of the molecule is COc1cc2c(cc1Nc1ncc(Cl)c(N3CCc4ccccc43)n1)CN(C(=O)CN(C)C)CC2. The molecule has 0 fully saturated rings. The van der Waals surface area contributed by atoms with E-state index in [0.29, 0.717) is 42.2 Å². The molecule has 2 aliphatic heterocycles. The molecule has 0 saturated heterocycles. The first-order chi connectivity index (χ1) is 16.9. The third kappa shape index (κ3) is 4.76. The molecule has 8 nitrogen and oxygen atoms in total. The van der Waals surface area contributed by atoms with E-state index in [-0.39, 0.29) is 5.91 Å². The fourth-order valence-corrected chi connectivity index (χ4v) is 4.92. The first-order valence-corrected chi connectivity index (χ1v) is 12.1. The van der Waals surface area contributed by atoms with Crippen LogP contribution in [0, 0.1) is 0 Å². The Kier molecular flexibility index (Phi) is 6.49. The Bertz CT molecular complexity index is 1260. The van der Waals surface area contributed by atoms with Gasteiger partial charge >= 0.3 is 0 Å². The summed E-state index contributed by atoms with van der Waals surface area (Å²) in [6, 6.07) is 12.4. The van der Waals surface area contributed by atoms with Crippen LogP contribution in [0.1, 0.15) is 16.7 Å². The lowest BCUT2D eigenvalue weighted by Crippen LogP contribution is -2.40. The van der Waals surface area contributed by atoms with Crippen molar-refractivity contribution >= 4 is 40.6 Å². The number of aromatic nitrogens is 2. The topological polar surface area (TPSA) is 73.8 Å². The van der Waals surface area contributed by atoms with Crippen molar-refractivity contribution in [2.75, 3.05) is 51.1 Å². The van der Waals surface area contributed by atoms with Gasteiger partial charge in [-0.2, -0.15) is 4.98 Å².